The summed E-state index contributed by atoms with van der Waals surface area (Å²) in [4.78, 5) is 23.3. The van der Waals surface area contributed by atoms with Gasteiger partial charge < -0.3 is 9.47 Å². The molecule has 0 fully saturated rings. The van der Waals surface area contributed by atoms with E-state index in [1.807, 2.05) is 0 Å². The van der Waals surface area contributed by atoms with Gasteiger partial charge in [-0.15, -0.1) is 0 Å². The van der Waals surface area contributed by atoms with Crippen LogP contribution in [0.15, 0.2) is 0 Å². The molecule has 0 aromatic heterocycles. The molecule has 4 atom stereocenters. The summed E-state index contributed by atoms with van der Waals surface area (Å²) in [5.41, 5.74) is 0. The molecule has 0 bridgehead atoms. The average molecular weight is 640 g/mol. The minimum Gasteiger partial charge on any atom is -0.465 e. The summed E-state index contributed by atoms with van der Waals surface area (Å²) in [6, 6.07) is 0. The van der Waals surface area contributed by atoms with E-state index < -0.39 is 0 Å². The predicted molar refractivity (Wildman–Crippen MR) is 159 cm³/mol. The zero-order chi connectivity index (χ0) is 26.2. The second kappa shape index (κ2) is 29.0. The van der Waals surface area contributed by atoms with E-state index in [9.17, 15) is 9.59 Å². The van der Waals surface area contributed by atoms with E-state index in [1.165, 1.54) is 38.5 Å². The number of hydrogen-bond donors (Lipinski definition) is 2. The second-order valence-electron chi connectivity index (χ2n) is 9.38. The van der Waals surface area contributed by atoms with E-state index in [4.69, 9.17) is 9.47 Å². The molecule has 0 amide bonds. The zero-order valence-electron chi connectivity index (χ0n) is 23.7. The number of unbranched alkanes of at least 4 members (excludes halogenated alkanes) is 4. The Morgan fingerprint density at radius 1 is 0.600 bits per heavy atom. The Morgan fingerprint density at radius 2 is 0.914 bits per heavy atom. The van der Waals surface area contributed by atoms with Crippen molar-refractivity contribution in [2.45, 2.75) is 142 Å². The Labute approximate surface area is 246 Å². The SMILES string of the molecule is CCCCOC(=O)C(S)CC(CC)CCCC.CCCCOC(=O)C(S)CC(CC)CCCC.[Sn]. The van der Waals surface area contributed by atoms with E-state index in [0.717, 1.165) is 51.4 Å². The number of esters is 2. The monoisotopic (exact) mass is 640 g/mol. The van der Waals surface area contributed by atoms with Crippen LogP contribution in [0.5, 0.6) is 0 Å². The fraction of sp³-hybridized carbons (Fsp3) is 0.929. The van der Waals surface area contributed by atoms with Crippen molar-refractivity contribution in [2.75, 3.05) is 13.2 Å². The third-order valence-corrected chi connectivity index (χ3v) is 7.07. The average Bonchev–Trinajstić information content (AvgIpc) is 2.84. The summed E-state index contributed by atoms with van der Waals surface area (Å²) in [5, 5.41) is -0.484. The molecule has 0 saturated carbocycles. The van der Waals surface area contributed by atoms with Gasteiger partial charge in [-0.2, -0.15) is 25.3 Å². The topological polar surface area (TPSA) is 52.6 Å². The van der Waals surface area contributed by atoms with Gasteiger partial charge in [-0.3, -0.25) is 9.59 Å². The summed E-state index contributed by atoms with van der Waals surface area (Å²) in [5.74, 6) is 0.931. The molecule has 0 heterocycles. The van der Waals surface area contributed by atoms with Crippen molar-refractivity contribution in [1.29, 1.82) is 0 Å². The van der Waals surface area contributed by atoms with Crippen LogP contribution in [0.25, 0.3) is 0 Å². The van der Waals surface area contributed by atoms with E-state index in [-0.39, 0.29) is 46.3 Å². The first-order chi connectivity index (χ1) is 16.3. The normalized spacial score (nSPS) is 13.9. The van der Waals surface area contributed by atoms with Gasteiger partial charge in [-0.25, -0.2) is 0 Å². The molecule has 0 spiro atoms. The van der Waals surface area contributed by atoms with Crippen LogP contribution in [0.4, 0.5) is 0 Å². The quantitative estimate of drug-likeness (QED) is 0.0612. The number of thiol groups is 2. The van der Waals surface area contributed by atoms with Crippen molar-refractivity contribution in [1.82, 2.24) is 0 Å². The van der Waals surface area contributed by atoms with Crippen molar-refractivity contribution >= 4 is 61.1 Å². The fourth-order valence-electron chi connectivity index (χ4n) is 3.61. The molecule has 208 valence electrons. The van der Waals surface area contributed by atoms with Gasteiger partial charge in [0.25, 0.3) is 0 Å². The Bertz CT molecular complexity index is 438. The van der Waals surface area contributed by atoms with Crippen molar-refractivity contribution in [3.8, 4) is 0 Å². The fourth-order valence-corrected chi connectivity index (χ4v) is 4.36. The number of hydrogen-bond acceptors (Lipinski definition) is 6. The van der Waals surface area contributed by atoms with Crippen molar-refractivity contribution in [2.24, 2.45) is 11.8 Å². The molecule has 4 unspecified atom stereocenters. The molecule has 0 saturated heterocycles. The summed E-state index contributed by atoms with van der Waals surface area (Å²) in [6.07, 6.45) is 15.3. The first-order valence-electron chi connectivity index (χ1n) is 14.0. The Kier molecular flexibility index (Phi) is 33.1. The largest absolute Gasteiger partial charge is 0.465 e. The molecule has 0 aromatic rings. The van der Waals surface area contributed by atoms with Gasteiger partial charge in [0.2, 0.25) is 0 Å². The number of rotatable bonds is 20. The van der Waals surface area contributed by atoms with E-state index in [2.05, 4.69) is 66.8 Å². The molecule has 0 aliphatic carbocycles. The van der Waals surface area contributed by atoms with Gasteiger partial charge in [-0.05, 0) is 37.5 Å². The molecule has 7 heteroatoms. The number of ether oxygens (including phenoxy) is 2. The minimum atomic E-state index is -0.242. The van der Waals surface area contributed by atoms with Gasteiger partial charge >= 0.3 is 11.9 Å². The maximum absolute atomic E-state index is 11.6. The molecule has 4 nitrogen and oxygen atoms in total. The summed E-state index contributed by atoms with van der Waals surface area (Å²) >= 11 is 8.74. The summed E-state index contributed by atoms with van der Waals surface area (Å²) in [6.45, 7) is 14.0. The minimum absolute atomic E-state index is 0. The van der Waals surface area contributed by atoms with Crippen LogP contribution >= 0.6 is 25.3 Å². The molecular weight excluding hydrogens is 583 g/mol. The third kappa shape index (κ3) is 24.5. The van der Waals surface area contributed by atoms with E-state index in [0.29, 0.717) is 25.0 Å². The molecule has 0 rings (SSSR count). The zero-order valence-corrected chi connectivity index (χ0v) is 28.3. The molecular formula is C28H56O4S2Sn. The first-order valence-corrected chi connectivity index (χ1v) is 15.0. The number of carbonyl (C=O) groups is 2. The van der Waals surface area contributed by atoms with E-state index in [1.54, 1.807) is 0 Å². The van der Waals surface area contributed by atoms with Gasteiger partial charge in [0.1, 0.15) is 0 Å². The molecule has 0 aromatic carbocycles. The van der Waals surface area contributed by atoms with Crippen LogP contribution < -0.4 is 0 Å². The molecule has 35 heavy (non-hydrogen) atoms. The maximum Gasteiger partial charge on any atom is 0.318 e. The van der Waals surface area contributed by atoms with Crippen molar-refractivity contribution in [3.63, 3.8) is 0 Å². The van der Waals surface area contributed by atoms with Crippen molar-refractivity contribution in [3.05, 3.63) is 0 Å². The van der Waals surface area contributed by atoms with Gasteiger partial charge in [0, 0.05) is 23.9 Å². The maximum atomic E-state index is 11.6. The van der Waals surface area contributed by atoms with Crippen molar-refractivity contribution < 1.29 is 19.1 Å². The van der Waals surface area contributed by atoms with Crippen LogP contribution in [-0.2, 0) is 19.1 Å². The number of carbonyl (C=O) groups excluding carboxylic acids is 2. The molecule has 0 N–H and O–H groups in total. The predicted octanol–water partition coefficient (Wildman–Crippen LogP) is 8.09. The Balaban J connectivity index is -0.000000569. The first kappa shape index (κ1) is 39.9. The van der Waals surface area contributed by atoms with Crippen LogP contribution in [0, 0.1) is 11.8 Å². The van der Waals surface area contributed by atoms with Gasteiger partial charge in [0.05, 0.1) is 23.7 Å². The molecule has 0 aliphatic heterocycles. The Hall–Kier alpha value is 0.439. The third-order valence-electron chi connectivity index (χ3n) is 6.23. The summed E-state index contributed by atoms with van der Waals surface area (Å²) < 4.78 is 10.4. The van der Waals surface area contributed by atoms with Gasteiger partial charge in [-0.1, -0.05) is 106 Å². The molecule has 0 aliphatic rings. The van der Waals surface area contributed by atoms with Crippen LogP contribution in [-0.4, -0.2) is 59.6 Å². The summed E-state index contributed by atoms with van der Waals surface area (Å²) in [7, 11) is 0. The van der Waals surface area contributed by atoms with E-state index >= 15 is 0 Å². The Morgan fingerprint density at radius 3 is 1.17 bits per heavy atom. The smallest absolute Gasteiger partial charge is 0.318 e. The van der Waals surface area contributed by atoms with Crippen LogP contribution in [0.1, 0.15) is 131 Å². The van der Waals surface area contributed by atoms with Crippen LogP contribution in [0.2, 0.25) is 0 Å². The van der Waals surface area contributed by atoms with Gasteiger partial charge in [0.15, 0.2) is 0 Å². The van der Waals surface area contributed by atoms with Crippen LogP contribution in [0.3, 0.4) is 0 Å². The standard InChI is InChI=1S/2C14H28O2S.Sn/c2*1-4-7-9-12(6-3)11-13(17)14(15)16-10-8-5-2;/h2*12-13,17H,4-11H2,1-3H3;. The second-order valence-corrected chi connectivity index (χ2v) is 10.6. The molecule has 4 radical (unpaired) electrons.